The van der Waals surface area contributed by atoms with Gasteiger partial charge in [-0.3, -0.25) is 4.90 Å². The Hall–Kier alpha value is -0.0300. The molecule has 2 heterocycles. The predicted octanol–water partition coefficient (Wildman–Crippen LogP) is 3.75. The fourth-order valence-corrected chi connectivity index (χ4v) is 2.77. The lowest BCUT2D eigenvalue weighted by atomic mass is 10.0. The van der Waals surface area contributed by atoms with Crippen molar-refractivity contribution in [3.05, 3.63) is 40.7 Å². The molecule has 1 N–H and O–H groups in total. The first-order chi connectivity index (χ1) is 8.72. The van der Waals surface area contributed by atoms with E-state index in [4.69, 9.17) is 23.2 Å². The van der Waals surface area contributed by atoms with Crippen LogP contribution < -0.4 is 5.32 Å². The van der Waals surface area contributed by atoms with E-state index in [1.807, 2.05) is 12.1 Å². The largest absolute Gasteiger partial charge is 0.314 e. The SMILES string of the molecule is C=CC[C@H](c1ccc(Cl)nc1Cl)N1CCNCC1.Cl.Cl. The lowest BCUT2D eigenvalue weighted by Crippen LogP contribution is -2.45. The summed E-state index contributed by atoms with van der Waals surface area (Å²) >= 11 is 12.1. The molecule has 0 bridgehead atoms. The van der Waals surface area contributed by atoms with Gasteiger partial charge in [0.1, 0.15) is 10.3 Å². The van der Waals surface area contributed by atoms with Crippen molar-refractivity contribution in [1.82, 2.24) is 15.2 Å². The van der Waals surface area contributed by atoms with E-state index in [-0.39, 0.29) is 30.9 Å². The normalized spacial score (nSPS) is 16.7. The van der Waals surface area contributed by atoms with Gasteiger partial charge in [0.15, 0.2) is 0 Å². The maximum absolute atomic E-state index is 6.21. The molecule has 0 amide bonds. The second-order valence-electron chi connectivity index (χ2n) is 4.34. The van der Waals surface area contributed by atoms with E-state index in [1.54, 1.807) is 6.07 Å². The molecule has 0 radical (unpaired) electrons. The molecular formula is C13H19Cl4N3. The fourth-order valence-electron chi connectivity index (χ4n) is 2.30. The van der Waals surface area contributed by atoms with E-state index < -0.39 is 0 Å². The van der Waals surface area contributed by atoms with Crippen LogP contribution in [0.15, 0.2) is 24.8 Å². The molecule has 0 spiro atoms. The first-order valence-corrected chi connectivity index (χ1v) is 6.85. The first-order valence-electron chi connectivity index (χ1n) is 6.10. The van der Waals surface area contributed by atoms with Crippen LogP contribution in [0.25, 0.3) is 0 Å². The van der Waals surface area contributed by atoms with Crippen LogP contribution in [-0.2, 0) is 0 Å². The summed E-state index contributed by atoms with van der Waals surface area (Å²) in [4.78, 5) is 6.54. The molecular weight excluding hydrogens is 340 g/mol. The summed E-state index contributed by atoms with van der Waals surface area (Å²) in [6.07, 6.45) is 2.79. The van der Waals surface area contributed by atoms with Crippen LogP contribution >= 0.6 is 48.0 Å². The monoisotopic (exact) mass is 357 g/mol. The zero-order chi connectivity index (χ0) is 13.0. The molecule has 0 aromatic carbocycles. The molecule has 3 nitrogen and oxygen atoms in total. The topological polar surface area (TPSA) is 28.2 Å². The Bertz CT molecular complexity index is 422. The van der Waals surface area contributed by atoms with Crippen LogP contribution in [0.3, 0.4) is 0 Å². The predicted molar refractivity (Wildman–Crippen MR) is 90.8 cm³/mol. The minimum Gasteiger partial charge on any atom is -0.314 e. The van der Waals surface area contributed by atoms with Crippen LogP contribution in [-0.4, -0.2) is 36.1 Å². The number of nitrogens with one attached hydrogen (secondary N) is 1. The van der Waals surface area contributed by atoms with Gasteiger partial charge in [-0.25, -0.2) is 4.98 Å². The average Bonchev–Trinajstić information content (AvgIpc) is 2.38. The maximum atomic E-state index is 6.21. The Balaban J connectivity index is 0.00000180. The van der Waals surface area contributed by atoms with Crippen LogP contribution in [0.4, 0.5) is 0 Å². The van der Waals surface area contributed by atoms with Gasteiger partial charge in [-0.15, -0.1) is 31.4 Å². The molecule has 1 aromatic heterocycles. The first kappa shape index (κ1) is 20.0. The number of hydrogen-bond donors (Lipinski definition) is 1. The summed E-state index contributed by atoms with van der Waals surface area (Å²) in [5.74, 6) is 0. The van der Waals surface area contributed by atoms with Crippen molar-refractivity contribution in [2.45, 2.75) is 12.5 Å². The minimum absolute atomic E-state index is 0. The Morgan fingerprint density at radius 1 is 1.30 bits per heavy atom. The number of nitrogens with zero attached hydrogens (tertiary/aromatic N) is 2. The van der Waals surface area contributed by atoms with Crippen molar-refractivity contribution in [3.63, 3.8) is 0 Å². The Labute approximate surface area is 142 Å². The molecule has 1 aliphatic heterocycles. The van der Waals surface area contributed by atoms with E-state index in [0.29, 0.717) is 10.3 Å². The van der Waals surface area contributed by atoms with Gasteiger partial charge in [0.25, 0.3) is 0 Å². The van der Waals surface area contributed by atoms with Gasteiger partial charge in [0.05, 0.1) is 0 Å². The third-order valence-electron chi connectivity index (χ3n) is 3.18. The number of halogens is 4. The second-order valence-corrected chi connectivity index (χ2v) is 5.09. The van der Waals surface area contributed by atoms with Gasteiger partial charge < -0.3 is 5.32 Å². The van der Waals surface area contributed by atoms with E-state index in [1.165, 1.54) is 0 Å². The number of rotatable bonds is 4. The zero-order valence-electron chi connectivity index (χ0n) is 11.0. The summed E-state index contributed by atoms with van der Waals surface area (Å²) in [6.45, 7) is 7.87. The van der Waals surface area contributed by atoms with Crippen molar-refractivity contribution in [1.29, 1.82) is 0 Å². The highest BCUT2D eigenvalue weighted by Crippen LogP contribution is 2.30. The van der Waals surface area contributed by atoms with Gasteiger partial charge in [0.2, 0.25) is 0 Å². The average molecular weight is 359 g/mol. The van der Waals surface area contributed by atoms with E-state index in [0.717, 1.165) is 38.2 Å². The number of pyridine rings is 1. The summed E-state index contributed by atoms with van der Waals surface area (Å²) in [6, 6.07) is 4.00. The van der Waals surface area contributed by atoms with Crippen LogP contribution in [0.1, 0.15) is 18.0 Å². The Morgan fingerprint density at radius 3 is 2.50 bits per heavy atom. The van der Waals surface area contributed by atoms with Gasteiger partial charge in [-0.2, -0.15) is 0 Å². The fraction of sp³-hybridized carbons (Fsp3) is 0.462. The van der Waals surface area contributed by atoms with Crippen molar-refractivity contribution >= 4 is 48.0 Å². The molecule has 20 heavy (non-hydrogen) atoms. The molecule has 1 aliphatic rings. The van der Waals surface area contributed by atoms with Gasteiger partial charge in [0, 0.05) is 37.8 Å². The van der Waals surface area contributed by atoms with Gasteiger partial charge >= 0.3 is 0 Å². The number of hydrogen-bond acceptors (Lipinski definition) is 3. The van der Waals surface area contributed by atoms with Crippen molar-refractivity contribution in [3.8, 4) is 0 Å². The van der Waals surface area contributed by atoms with Crippen molar-refractivity contribution < 1.29 is 0 Å². The summed E-state index contributed by atoms with van der Waals surface area (Å²) in [5, 5.41) is 4.27. The number of piperazine rings is 1. The molecule has 2 rings (SSSR count). The molecule has 1 atom stereocenters. The summed E-state index contributed by atoms with van der Waals surface area (Å²) in [5.41, 5.74) is 1.03. The van der Waals surface area contributed by atoms with Crippen molar-refractivity contribution in [2.24, 2.45) is 0 Å². The number of aromatic nitrogens is 1. The quantitative estimate of drug-likeness (QED) is 0.656. The lowest BCUT2D eigenvalue weighted by molar-refractivity contribution is 0.174. The highest BCUT2D eigenvalue weighted by molar-refractivity contribution is 6.32. The molecule has 0 saturated carbocycles. The molecule has 114 valence electrons. The molecule has 0 aliphatic carbocycles. The van der Waals surface area contributed by atoms with Gasteiger partial charge in [-0.1, -0.05) is 35.3 Å². The Kier molecular flexibility index (Phi) is 9.81. The summed E-state index contributed by atoms with van der Waals surface area (Å²) in [7, 11) is 0. The molecule has 1 aromatic rings. The third kappa shape index (κ3) is 5.06. The van der Waals surface area contributed by atoms with E-state index in [9.17, 15) is 0 Å². The minimum atomic E-state index is 0. The molecule has 0 unspecified atom stereocenters. The Morgan fingerprint density at radius 2 is 1.95 bits per heavy atom. The van der Waals surface area contributed by atoms with E-state index >= 15 is 0 Å². The van der Waals surface area contributed by atoms with Crippen LogP contribution in [0, 0.1) is 0 Å². The van der Waals surface area contributed by atoms with Crippen LogP contribution in [0.2, 0.25) is 10.3 Å². The smallest absolute Gasteiger partial charge is 0.135 e. The highest BCUT2D eigenvalue weighted by Gasteiger charge is 2.23. The standard InChI is InChI=1S/C13H17Cl2N3.2ClH/c1-2-3-11(18-8-6-16-7-9-18)10-4-5-12(14)17-13(10)15;;/h2,4-5,11,16H,1,3,6-9H2;2*1H/t11-;;/m1../s1. The molecule has 7 heteroatoms. The molecule has 1 fully saturated rings. The zero-order valence-corrected chi connectivity index (χ0v) is 14.2. The maximum Gasteiger partial charge on any atom is 0.135 e. The third-order valence-corrected chi connectivity index (χ3v) is 3.70. The second kappa shape index (κ2) is 9.82. The van der Waals surface area contributed by atoms with Crippen molar-refractivity contribution in [2.75, 3.05) is 26.2 Å². The summed E-state index contributed by atoms with van der Waals surface area (Å²) < 4.78 is 0. The molecule has 1 saturated heterocycles. The highest BCUT2D eigenvalue weighted by atomic mass is 35.5. The van der Waals surface area contributed by atoms with E-state index in [2.05, 4.69) is 21.8 Å². The lowest BCUT2D eigenvalue weighted by Gasteiger charge is -2.35. The van der Waals surface area contributed by atoms with Gasteiger partial charge in [-0.05, 0) is 12.5 Å². The van der Waals surface area contributed by atoms with Crippen LogP contribution in [0.5, 0.6) is 0 Å².